The van der Waals surface area contributed by atoms with E-state index < -0.39 is 33.7 Å². The average Bonchev–Trinajstić information content (AvgIpc) is 2.51. The van der Waals surface area contributed by atoms with Crippen molar-refractivity contribution < 1.29 is 14.7 Å². The number of imide groups is 1. The Hall–Kier alpha value is -0.290. The molecule has 1 aliphatic heterocycles. The van der Waals surface area contributed by atoms with E-state index >= 15 is 0 Å². The quantitative estimate of drug-likeness (QED) is 0.455. The van der Waals surface area contributed by atoms with Crippen LogP contribution in [0.2, 0.25) is 0 Å². The maximum Gasteiger partial charge on any atom is 0.235 e. The van der Waals surface area contributed by atoms with Crippen molar-refractivity contribution in [1.82, 2.24) is 4.90 Å². The third kappa shape index (κ3) is 2.19. The second-order valence-corrected chi connectivity index (χ2v) is 6.49. The van der Waals surface area contributed by atoms with Crippen molar-refractivity contribution in [2.45, 2.75) is 22.9 Å². The van der Waals surface area contributed by atoms with Gasteiger partial charge in [0.15, 0.2) is 6.23 Å². The summed E-state index contributed by atoms with van der Waals surface area (Å²) in [4.78, 5) is 24.6. The van der Waals surface area contributed by atoms with Gasteiger partial charge in [-0.2, -0.15) is 0 Å². The molecule has 0 spiro atoms. The van der Waals surface area contributed by atoms with Crippen LogP contribution < -0.4 is 0 Å². The van der Waals surface area contributed by atoms with Gasteiger partial charge >= 0.3 is 0 Å². The maximum absolute atomic E-state index is 12.0. The van der Waals surface area contributed by atoms with Crippen LogP contribution in [0.3, 0.4) is 0 Å². The van der Waals surface area contributed by atoms with Crippen LogP contribution in [0, 0.1) is 11.8 Å². The number of alkyl halides is 3. The van der Waals surface area contributed by atoms with Gasteiger partial charge in [-0.3, -0.25) is 14.5 Å². The van der Waals surface area contributed by atoms with E-state index in [1.807, 2.05) is 12.2 Å². The van der Waals surface area contributed by atoms with E-state index in [0.717, 1.165) is 0 Å². The first kappa shape index (κ1) is 13.1. The van der Waals surface area contributed by atoms with Gasteiger partial charge in [0.25, 0.3) is 0 Å². The van der Waals surface area contributed by atoms with Crippen LogP contribution in [0.5, 0.6) is 0 Å². The summed E-state index contributed by atoms with van der Waals surface area (Å²) in [6.07, 6.45) is 2.92. The van der Waals surface area contributed by atoms with E-state index in [0.29, 0.717) is 17.7 Å². The predicted molar refractivity (Wildman–Crippen MR) is 63.5 cm³/mol. The zero-order valence-electron chi connectivity index (χ0n) is 8.65. The minimum atomic E-state index is -2.09. The van der Waals surface area contributed by atoms with Gasteiger partial charge in [0, 0.05) is 0 Å². The normalized spacial score (nSPS) is 30.7. The van der Waals surface area contributed by atoms with E-state index in [-0.39, 0.29) is 0 Å². The Bertz CT molecular complexity index is 365. The molecule has 0 aromatic carbocycles. The number of hydrogen-bond donors (Lipinski definition) is 1. The fraction of sp³-hybridized carbons (Fsp3) is 0.600. The third-order valence-corrected chi connectivity index (χ3v) is 3.66. The van der Waals surface area contributed by atoms with Gasteiger partial charge in [0.1, 0.15) is 0 Å². The van der Waals surface area contributed by atoms with Crippen LogP contribution in [0.25, 0.3) is 0 Å². The summed E-state index contributed by atoms with van der Waals surface area (Å²) in [6, 6.07) is 0. The Morgan fingerprint density at radius 1 is 1.18 bits per heavy atom. The molecule has 1 fully saturated rings. The molecule has 3 atom stereocenters. The number of fused-ring (bicyclic) bond motifs is 1. The first-order valence-electron chi connectivity index (χ1n) is 5.10. The Morgan fingerprint density at radius 2 is 1.59 bits per heavy atom. The lowest BCUT2D eigenvalue weighted by Gasteiger charge is -2.27. The number of halogens is 3. The van der Waals surface area contributed by atoms with Gasteiger partial charge in [-0.05, 0) is 12.8 Å². The van der Waals surface area contributed by atoms with Gasteiger partial charge in [-0.25, -0.2) is 0 Å². The Labute approximate surface area is 113 Å². The molecule has 0 aromatic rings. The Kier molecular flexibility index (Phi) is 3.42. The molecule has 17 heavy (non-hydrogen) atoms. The van der Waals surface area contributed by atoms with Crippen LogP contribution in [0.1, 0.15) is 12.8 Å². The van der Waals surface area contributed by atoms with Crippen molar-refractivity contribution in [2.75, 3.05) is 0 Å². The number of aliphatic hydroxyl groups excluding tert-OH is 1. The van der Waals surface area contributed by atoms with Gasteiger partial charge in [-0.1, -0.05) is 47.0 Å². The van der Waals surface area contributed by atoms with Crippen molar-refractivity contribution in [2.24, 2.45) is 11.8 Å². The van der Waals surface area contributed by atoms with Crippen molar-refractivity contribution in [3.8, 4) is 0 Å². The van der Waals surface area contributed by atoms with Crippen LogP contribution in [-0.2, 0) is 9.59 Å². The molecule has 0 radical (unpaired) electrons. The summed E-state index contributed by atoms with van der Waals surface area (Å²) in [5.74, 6) is -1.81. The molecule has 0 unspecified atom stereocenters. The molecule has 1 aliphatic carbocycles. The van der Waals surface area contributed by atoms with Gasteiger partial charge in [0.2, 0.25) is 15.6 Å². The average molecular weight is 299 g/mol. The number of rotatable bonds is 1. The van der Waals surface area contributed by atoms with Gasteiger partial charge < -0.3 is 5.11 Å². The highest BCUT2D eigenvalue weighted by atomic mass is 35.6. The van der Waals surface area contributed by atoms with Crippen molar-refractivity contribution in [3.05, 3.63) is 12.2 Å². The zero-order chi connectivity index (χ0) is 12.8. The molecule has 0 aromatic heterocycles. The lowest BCUT2D eigenvalue weighted by atomic mass is 9.85. The highest BCUT2D eigenvalue weighted by Crippen LogP contribution is 2.40. The number of aliphatic hydroxyl groups is 1. The molecule has 94 valence electrons. The summed E-state index contributed by atoms with van der Waals surface area (Å²) >= 11 is 16.5. The number of hydrogen-bond acceptors (Lipinski definition) is 3. The first-order valence-corrected chi connectivity index (χ1v) is 6.24. The van der Waals surface area contributed by atoms with E-state index in [4.69, 9.17) is 34.8 Å². The number of carbonyl (C=O) groups excluding carboxylic acids is 2. The number of nitrogens with zero attached hydrogens (tertiary/aromatic N) is 1. The zero-order valence-corrected chi connectivity index (χ0v) is 10.9. The molecular formula is C10H10Cl3NO3. The van der Waals surface area contributed by atoms with E-state index in [9.17, 15) is 14.7 Å². The molecule has 0 bridgehead atoms. The number of carbonyl (C=O) groups is 2. The van der Waals surface area contributed by atoms with Crippen LogP contribution in [0.4, 0.5) is 0 Å². The molecule has 2 aliphatic rings. The minimum absolute atomic E-state index is 0.436. The topological polar surface area (TPSA) is 57.6 Å². The highest BCUT2D eigenvalue weighted by molar-refractivity contribution is 6.68. The molecule has 1 N–H and O–H groups in total. The number of likely N-dealkylation sites (tertiary alicyclic amines) is 1. The van der Waals surface area contributed by atoms with E-state index in [1.54, 1.807) is 0 Å². The Morgan fingerprint density at radius 3 is 1.94 bits per heavy atom. The SMILES string of the molecule is O=C1[C@@H]2CC=CC[C@H]2C(=O)N1[C@H](O)C(Cl)(Cl)Cl. The first-order chi connectivity index (χ1) is 7.84. The monoisotopic (exact) mass is 297 g/mol. The molecule has 1 heterocycles. The minimum Gasteiger partial charge on any atom is -0.369 e. The summed E-state index contributed by atoms with van der Waals surface area (Å²) < 4.78 is -2.09. The summed E-state index contributed by atoms with van der Waals surface area (Å²) in [5, 5.41) is 9.74. The van der Waals surface area contributed by atoms with Gasteiger partial charge in [-0.15, -0.1) is 0 Å². The summed E-state index contributed by atoms with van der Waals surface area (Å²) in [6.45, 7) is 0. The molecule has 7 heteroatoms. The summed E-state index contributed by atoms with van der Waals surface area (Å²) in [5.41, 5.74) is 0. The van der Waals surface area contributed by atoms with Crippen LogP contribution >= 0.6 is 34.8 Å². The molecule has 1 saturated heterocycles. The molecule has 2 amide bonds. The standard InChI is InChI=1S/C10H10Cl3NO3/c11-10(12,13)9(17)14-7(15)5-3-1-2-4-6(5)8(14)16/h1-2,5-6,9,17H,3-4H2/t5-,6-,9-/m1/s1. The maximum atomic E-state index is 12.0. The molecular weight excluding hydrogens is 288 g/mol. The highest BCUT2D eigenvalue weighted by Gasteiger charge is 2.53. The smallest absolute Gasteiger partial charge is 0.235 e. The second-order valence-electron chi connectivity index (χ2n) is 4.12. The largest absolute Gasteiger partial charge is 0.369 e. The van der Waals surface area contributed by atoms with Crippen LogP contribution in [-0.4, -0.2) is 31.8 Å². The number of amides is 2. The van der Waals surface area contributed by atoms with Gasteiger partial charge in [0.05, 0.1) is 11.8 Å². The van der Waals surface area contributed by atoms with E-state index in [1.165, 1.54) is 0 Å². The lowest BCUT2D eigenvalue weighted by Crippen LogP contribution is -2.47. The molecule has 4 nitrogen and oxygen atoms in total. The lowest BCUT2D eigenvalue weighted by molar-refractivity contribution is -0.150. The fourth-order valence-electron chi connectivity index (χ4n) is 2.21. The Balaban J connectivity index is 2.27. The third-order valence-electron chi connectivity index (χ3n) is 3.08. The van der Waals surface area contributed by atoms with Crippen LogP contribution in [0.15, 0.2) is 12.2 Å². The fourth-order valence-corrected chi connectivity index (χ4v) is 2.51. The predicted octanol–water partition coefficient (Wildman–Crippen LogP) is 1.63. The summed E-state index contributed by atoms with van der Waals surface area (Å²) in [7, 11) is 0. The van der Waals surface area contributed by atoms with Crippen molar-refractivity contribution >= 4 is 46.6 Å². The molecule has 0 saturated carbocycles. The van der Waals surface area contributed by atoms with Crippen molar-refractivity contribution in [1.29, 1.82) is 0 Å². The second kappa shape index (κ2) is 4.43. The number of allylic oxidation sites excluding steroid dienone is 2. The van der Waals surface area contributed by atoms with Crippen molar-refractivity contribution in [3.63, 3.8) is 0 Å². The molecule has 2 rings (SSSR count). The van der Waals surface area contributed by atoms with E-state index in [2.05, 4.69) is 0 Å².